The molecule has 1 aliphatic rings. The lowest BCUT2D eigenvalue weighted by Crippen LogP contribution is -2.34. The molecule has 1 fully saturated rings. The Bertz CT molecular complexity index is 621. The van der Waals surface area contributed by atoms with E-state index in [1.165, 1.54) is 16.8 Å². The molecule has 1 saturated heterocycles. The monoisotopic (exact) mass is 324 g/mol. The summed E-state index contributed by atoms with van der Waals surface area (Å²) in [5.41, 5.74) is 3.87. The maximum atomic E-state index is 9.29. The van der Waals surface area contributed by atoms with Crippen molar-refractivity contribution < 1.29 is 5.11 Å². The number of aliphatic hydroxyl groups excluding tert-OH is 1. The van der Waals surface area contributed by atoms with Gasteiger partial charge in [-0.2, -0.15) is 0 Å². The maximum Gasteiger partial charge on any atom is 0.0485 e. The van der Waals surface area contributed by atoms with Crippen molar-refractivity contribution in [3.05, 3.63) is 65.7 Å². The van der Waals surface area contributed by atoms with E-state index in [0.717, 1.165) is 32.5 Å². The van der Waals surface area contributed by atoms with Gasteiger partial charge in [-0.1, -0.05) is 48.5 Å². The Balaban J connectivity index is 1.65. The lowest BCUT2D eigenvalue weighted by atomic mass is 9.97. The van der Waals surface area contributed by atoms with E-state index in [1.54, 1.807) is 0 Å². The van der Waals surface area contributed by atoms with Crippen LogP contribution in [0.1, 0.15) is 36.9 Å². The fraction of sp³-hybridized carbons (Fsp3) is 0.429. The van der Waals surface area contributed by atoms with Gasteiger partial charge in [0.25, 0.3) is 0 Å². The number of benzene rings is 2. The number of nitrogens with one attached hydrogen (secondary N) is 1. The summed E-state index contributed by atoms with van der Waals surface area (Å²) in [5.74, 6) is 0.493. The van der Waals surface area contributed by atoms with Crippen LogP contribution in [0.3, 0.4) is 0 Å². The molecule has 0 bridgehead atoms. The molecule has 1 unspecified atom stereocenters. The third kappa shape index (κ3) is 4.37. The van der Waals surface area contributed by atoms with Gasteiger partial charge in [0.1, 0.15) is 0 Å². The Morgan fingerprint density at radius 1 is 1.04 bits per heavy atom. The average molecular weight is 324 g/mol. The first-order chi connectivity index (χ1) is 11.8. The van der Waals surface area contributed by atoms with Gasteiger partial charge in [-0.3, -0.25) is 4.90 Å². The van der Waals surface area contributed by atoms with Crippen LogP contribution < -0.4 is 5.32 Å². The van der Waals surface area contributed by atoms with Crippen LogP contribution in [-0.2, 0) is 6.54 Å². The zero-order valence-electron chi connectivity index (χ0n) is 14.5. The topological polar surface area (TPSA) is 35.5 Å². The fourth-order valence-electron chi connectivity index (χ4n) is 3.43. The highest BCUT2D eigenvalue weighted by Gasteiger charge is 2.19. The molecule has 0 amide bonds. The normalized spacial score (nSPS) is 17.6. The minimum atomic E-state index is 0.285. The summed E-state index contributed by atoms with van der Waals surface area (Å²) in [6, 6.07) is 19.5. The lowest BCUT2D eigenvalue weighted by molar-refractivity contribution is 0.127. The second kappa shape index (κ2) is 8.32. The molecule has 3 rings (SSSR count). The number of aliphatic hydroxyl groups is 1. The minimum Gasteiger partial charge on any atom is -0.396 e. The number of piperidine rings is 1. The van der Waals surface area contributed by atoms with Crippen molar-refractivity contribution in [3.8, 4) is 0 Å². The van der Waals surface area contributed by atoms with Crippen LogP contribution in [0.5, 0.6) is 0 Å². The number of anilines is 1. The maximum absolute atomic E-state index is 9.29. The molecule has 0 spiro atoms. The third-order valence-corrected chi connectivity index (χ3v) is 5.05. The first-order valence-corrected chi connectivity index (χ1v) is 8.99. The number of rotatable bonds is 6. The van der Waals surface area contributed by atoms with Crippen LogP contribution in [0.4, 0.5) is 5.69 Å². The number of hydrogen-bond donors (Lipinski definition) is 2. The zero-order chi connectivity index (χ0) is 16.8. The van der Waals surface area contributed by atoms with Gasteiger partial charge in [0.2, 0.25) is 0 Å². The molecule has 0 aliphatic carbocycles. The van der Waals surface area contributed by atoms with Gasteiger partial charge >= 0.3 is 0 Å². The molecule has 0 saturated carbocycles. The van der Waals surface area contributed by atoms with E-state index in [0.29, 0.717) is 12.5 Å². The Kier molecular flexibility index (Phi) is 5.89. The van der Waals surface area contributed by atoms with Crippen LogP contribution in [0.25, 0.3) is 0 Å². The Morgan fingerprint density at radius 3 is 2.42 bits per heavy atom. The van der Waals surface area contributed by atoms with Gasteiger partial charge in [0, 0.05) is 24.9 Å². The molecular formula is C21H28N2O. The summed E-state index contributed by atoms with van der Waals surface area (Å²) in [6.07, 6.45) is 2.21. The largest absolute Gasteiger partial charge is 0.396 e. The molecule has 128 valence electrons. The van der Waals surface area contributed by atoms with Crippen LogP contribution in [-0.4, -0.2) is 29.7 Å². The van der Waals surface area contributed by atoms with Crippen molar-refractivity contribution in [1.82, 2.24) is 4.90 Å². The second-order valence-electron chi connectivity index (χ2n) is 6.84. The van der Waals surface area contributed by atoms with E-state index in [-0.39, 0.29) is 6.04 Å². The van der Waals surface area contributed by atoms with Crippen molar-refractivity contribution in [3.63, 3.8) is 0 Å². The van der Waals surface area contributed by atoms with Crippen molar-refractivity contribution in [2.45, 2.75) is 32.4 Å². The third-order valence-electron chi connectivity index (χ3n) is 5.05. The molecule has 1 atom stereocenters. The van der Waals surface area contributed by atoms with E-state index in [2.05, 4.69) is 71.7 Å². The number of nitrogens with zero attached hydrogens (tertiary/aromatic N) is 1. The SMILES string of the molecule is CC(Nc1ccccc1CN1CCC(CO)CC1)c1ccccc1. The fourth-order valence-corrected chi connectivity index (χ4v) is 3.43. The molecule has 3 heteroatoms. The highest BCUT2D eigenvalue weighted by Crippen LogP contribution is 2.25. The van der Waals surface area contributed by atoms with Gasteiger partial charge in [0.05, 0.1) is 0 Å². The van der Waals surface area contributed by atoms with Crippen LogP contribution in [0, 0.1) is 5.92 Å². The van der Waals surface area contributed by atoms with Crippen molar-refractivity contribution >= 4 is 5.69 Å². The smallest absolute Gasteiger partial charge is 0.0485 e. The minimum absolute atomic E-state index is 0.285. The molecule has 3 nitrogen and oxygen atoms in total. The second-order valence-corrected chi connectivity index (χ2v) is 6.84. The Morgan fingerprint density at radius 2 is 1.71 bits per heavy atom. The first kappa shape index (κ1) is 17.0. The summed E-state index contributed by atoms with van der Waals surface area (Å²) in [4.78, 5) is 2.50. The summed E-state index contributed by atoms with van der Waals surface area (Å²) in [7, 11) is 0. The summed E-state index contributed by atoms with van der Waals surface area (Å²) in [6.45, 7) is 5.67. The molecule has 0 radical (unpaired) electrons. The Labute approximate surface area is 145 Å². The Hall–Kier alpha value is -1.84. The van der Waals surface area contributed by atoms with Crippen molar-refractivity contribution in [1.29, 1.82) is 0 Å². The van der Waals surface area contributed by atoms with Gasteiger partial charge in [-0.25, -0.2) is 0 Å². The summed E-state index contributed by atoms with van der Waals surface area (Å²) in [5, 5.41) is 13.0. The zero-order valence-corrected chi connectivity index (χ0v) is 14.5. The van der Waals surface area contributed by atoms with E-state index in [1.807, 2.05) is 0 Å². The molecule has 2 aromatic rings. The number of likely N-dealkylation sites (tertiary alicyclic amines) is 1. The van der Waals surface area contributed by atoms with Gasteiger partial charge in [-0.15, -0.1) is 0 Å². The van der Waals surface area contributed by atoms with E-state index in [4.69, 9.17) is 0 Å². The predicted molar refractivity (Wildman–Crippen MR) is 100 cm³/mol. The average Bonchev–Trinajstić information content (AvgIpc) is 2.64. The lowest BCUT2D eigenvalue weighted by Gasteiger charge is -2.31. The van der Waals surface area contributed by atoms with E-state index in [9.17, 15) is 5.11 Å². The molecule has 1 aliphatic heterocycles. The van der Waals surface area contributed by atoms with Gasteiger partial charge < -0.3 is 10.4 Å². The molecule has 24 heavy (non-hydrogen) atoms. The number of para-hydroxylation sites is 1. The highest BCUT2D eigenvalue weighted by atomic mass is 16.3. The van der Waals surface area contributed by atoms with Crippen LogP contribution in [0.15, 0.2) is 54.6 Å². The molecule has 2 aromatic carbocycles. The number of hydrogen-bond acceptors (Lipinski definition) is 3. The van der Waals surface area contributed by atoms with Gasteiger partial charge in [-0.05, 0) is 56.0 Å². The quantitative estimate of drug-likeness (QED) is 0.841. The highest BCUT2D eigenvalue weighted by molar-refractivity contribution is 5.52. The molecule has 2 N–H and O–H groups in total. The van der Waals surface area contributed by atoms with Gasteiger partial charge in [0.15, 0.2) is 0 Å². The summed E-state index contributed by atoms with van der Waals surface area (Å²) >= 11 is 0. The van der Waals surface area contributed by atoms with E-state index >= 15 is 0 Å². The predicted octanol–water partition coefficient (Wildman–Crippen LogP) is 4.06. The van der Waals surface area contributed by atoms with E-state index < -0.39 is 0 Å². The van der Waals surface area contributed by atoms with Crippen molar-refractivity contribution in [2.75, 3.05) is 25.0 Å². The first-order valence-electron chi connectivity index (χ1n) is 8.99. The van der Waals surface area contributed by atoms with Crippen LogP contribution in [0.2, 0.25) is 0 Å². The van der Waals surface area contributed by atoms with Crippen LogP contribution >= 0.6 is 0 Å². The molecule has 0 aromatic heterocycles. The molecular weight excluding hydrogens is 296 g/mol. The molecule has 1 heterocycles. The summed E-state index contributed by atoms with van der Waals surface area (Å²) < 4.78 is 0. The van der Waals surface area contributed by atoms with Crippen molar-refractivity contribution in [2.24, 2.45) is 5.92 Å². The standard InChI is InChI=1S/C21H28N2O/c1-17(19-7-3-2-4-8-19)22-21-10-6-5-9-20(21)15-23-13-11-18(16-24)12-14-23/h2-10,17-18,22,24H,11-16H2,1H3.